The number of hydrogen-bond acceptors (Lipinski definition) is 2. The molecule has 0 aliphatic heterocycles. The zero-order valence-electron chi connectivity index (χ0n) is 22.0. The first kappa shape index (κ1) is 23.4. The minimum Gasteiger partial charge on any atom is -0.393 e. The lowest BCUT2D eigenvalue weighted by Crippen LogP contribution is -2.66. The minimum absolute atomic E-state index is 0.0256. The highest BCUT2D eigenvalue weighted by molar-refractivity contribution is 5.22. The average molecular weight is 443 g/mol. The van der Waals surface area contributed by atoms with Crippen molar-refractivity contribution in [1.29, 1.82) is 0 Å². The maximum atomic E-state index is 11.2. The lowest BCUT2D eigenvalue weighted by atomic mass is 9.32. The van der Waals surface area contributed by atoms with E-state index in [2.05, 4.69) is 55.0 Å². The monoisotopic (exact) mass is 442 g/mol. The molecule has 5 saturated carbocycles. The Balaban J connectivity index is 1.55. The smallest absolute Gasteiger partial charge is 0.0602 e. The van der Waals surface area contributed by atoms with Crippen molar-refractivity contribution in [1.82, 2.24) is 0 Å². The van der Waals surface area contributed by atoms with Crippen molar-refractivity contribution < 1.29 is 10.2 Å². The maximum Gasteiger partial charge on any atom is 0.0602 e. The third kappa shape index (κ3) is 2.61. The minimum atomic E-state index is -0.168. The van der Waals surface area contributed by atoms with Crippen LogP contribution in [0.25, 0.3) is 0 Å². The molecular formula is C30H50O2. The molecule has 32 heavy (non-hydrogen) atoms. The van der Waals surface area contributed by atoms with Crippen LogP contribution in [-0.4, -0.2) is 22.4 Å². The summed E-state index contributed by atoms with van der Waals surface area (Å²) < 4.78 is 0. The second-order valence-corrected chi connectivity index (χ2v) is 14.8. The quantitative estimate of drug-likeness (QED) is 0.429. The van der Waals surface area contributed by atoms with E-state index in [9.17, 15) is 10.2 Å². The van der Waals surface area contributed by atoms with Gasteiger partial charge in [0.05, 0.1) is 12.2 Å². The van der Waals surface area contributed by atoms with Gasteiger partial charge in [0.15, 0.2) is 0 Å². The van der Waals surface area contributed by atoms with Crippen LogP contribution in [0.4, 0.5) is 0 Å². The fraction of sp³-hybridized carbons (Fsp3) is 0.933. The molecule has 5 rings (SSSR count). The summed E-state index contributed by atoms with van der Waals surface area (Å²) in [6, 6.07) is 0. The Morgan fingerprint density at radius 1 is 0.719 bits per heavy atom. The number of fused-ring (bicyclic) bond motifs is 7. The summed E-state index contributed by atoms with van der Waals surface area (Å²) in [5.41, 5.74) is 2.42. The first-order valence-electron chi connectivity index (χ1n) is 13.7. The van der Waals surface area contributed by atoms with Gasteiger partial charge in [-0.3, -0.25) is 0 Å². The molecule has 11 atom stereocenters. The summed E-state index contributed by atoms with van der Waals surface area (Å²) in [7, 11) is 0. The van der Waals surface area contributed by atoms with Crippen LogP contribution in [0.5, 0.6) is 0 Å². The number of rotatable bonds is 1. The molecular weight excluding hydrogens is 392 g/mol. The Morgan fingerprint density at radius 2 is 1.41 bits per heavy atom. The Hall–Kier alpha value is -0.340. The molecule has 2 N–H and O–H groups in total. The molecule has 0 saturated heterocycles. The molecule has 0 aromatic rings. The highest BCUT2D eigenvalue weighted by Crippen LogP contribution is 2.77. The van der Waals surface area contributed by atoms with Gasteiger partial charge in [0.25, 0.3) is 0 Å². The van der Waals surface area contributed by atoms with Crippen LogP contribution < -0.4 is 0 Å². The summed E-state index contributed by atoms with van der Waals surface area (Å²) >= 11 is 0. The van der Waals surface area contributed by atoms with Gasteiger partial charge in [0.2, 0.25) is 0 Å². The van der Waals surface area contributed by atoms with Gasteiger partial charge in [0, 0.05) is 0 Å². The van der Waals surface area contributed by atoms with Gasteiger partial charge in [-0.2, -0.15) is 0 Å². The van der Waals surface area contributed by atoms with Crippen LogP contribution in [0.3, 0.4) is 0 Å². The molecule has 2 nitrogen and oxygen atoms in total. The van der Waals surface area contributed by atoms with Crippen LogP contribution >= 0.6 is 0 Å². The lowest BCUT2D eigenvalue weighted by Gasteiger charge is -2.73. The maximum absolute atomic E-state index is 11.2. The van der Waals surface area contributed by atoms with Crippen molar-refractivity contribution in [2.75, 3.05) is 0 Å². The summed E-state index contributed by atoms with van der Waals surface area (Å²) in [5, 5.41) is 22.1. The number of hydrogen-bond donors (Lipinski definition) is 2. The Morgan fingerprint density at radius 3 is 2.06 bits per heavy atom. The molecule has 0 spiro atoms. The number of allylic oxidation sites excluding steroid dienone is 1. The standard InChI is InChI=1S/C30H50O2/c1-18(2)19-17-24(32)28(6)15-16-29(7)20(25(19)28)9-10-22-27(5)13-12-23(31)26(3,4)21(27)11-14-30(22,29)8/h19-25,31-32H,1,9-17H2,2-8H3/t19-,20+,21-,22+,23-,24+,25+,27-,28-,29+,30+/m0/s1. The molecule has 0 radical (unpaired) electrons. The fourth-order valence-corrected chi connectivity index (χ4v) is 11.5. The molecule has 0 unspecified atom stereocenters. The van der Waals surface area contributed by atoms with Gasteiger partial charge in [-0.05, 0) is 121 Å². The molecule has 182 valence electrons. The van der Waals surface area contributed by atoms with E-state index < -0.39 is 0 Å². The lowest BCUT2D eigenvalue weighted by molar-refractivity contribution is -0.249. The summed E-state index contributed by atoms with van der Waals surface area (Å²) in [6.07, 6.45) is 10.4. The Labute approximate surface area is 197 Å². The van der Waals surface area contributed by atoms with Gasteiger partial charge in [-0.25, -0.2) is 0 Å². The van der Waals surface area contributed by atoms with E-state index >= 15 is 0 Å². The van der Waals surface area contributed by atoms with Gasteiger partial charge >= 0.3 is 0 Å². The van der Waals surface area contributed by atoms with E-state index in [1.165, 1.54) is 50.5 Å². The Kier molecular flexibility index (Phi) is 5.02. The van der Waals surface area contributed by atoms with E-state index in [1.807, 2.05) is 0 Å². The van der Waals surface area contributed by atoms with Crippen molar-refractivity contribution in [2.24, 2.45) is 56.7 Å². The SMILES string of the molecule is C=C(C)[C@@H]1C[C@@H](O)[C@]2(C)CC[C@]3(C)[C@H](CC[C@@H]4[C@@]5(C)CC[C@H](O)C(C)(C)[C@@H]5CC[C@]43C)[C@@H]12. The van der Waals surface area contributed by atoms with Crippen molar-refractivity contribution in [2.45, 2.75) is 118 Å². The van der Waals surface area contributed by atoms with E-state index in [0.717, 1.165) is 18.8 Å². The molecule has 5 aliphatic carbocycles. The second kappa shape index (κ2) is 6.87. The van der Waals surface area contributed by atoms with Crippen LogP contribution in [0.2, 0.25) is 0 Å². The predicted molar refractivity (Wildman–Crippen MR) is 132 cm³/mol. The number of aliphatic hydroxyl groups excluding tert-OH is 2. The van der Waals surface area contributed by atoms with E-state index in [-0.39, 0.29) is 23.0 Å². The molecule has 0 aromatic carbocycles. The molecule has 0 aromatic heterocycles. The molecule has 0 bridgehead atoms. The highest BCUT2D eigenvalue weighted by Gasteiger charge is 2.71. The van der Waals surface area contributed by atoms with Crippen LogP contribution in [0.15, 0.2) is 12.2 Å². The fourth-order valence-electron chi connectivity index (χ4n) is 11.5. The zero-order valence-corrected chi connectivity index (χ0v) is 22.0. The van der Waals surface area contributed by atoms with Gasteiger partial charge in [0.1, 0.15) is 0 Å². The molecule has 2 heteroatoms. The molecule has 5 aliphatic rings. The molecule has 0 heterocycles. The van der Waals surface area contributed by atoms with Gasteiger partial charge < -0.3 is 10.2 Å². The zero-order chi connectivity index (χ0) is 23.5. The van der Waals surface area contributed by atoms with Crippen LogP contribution in [-0.2, 0) is 0 Å². The van der Waals surface area contributed by atoms with Crippen molar-refractivity contribution in [3.8, 4) is 0 Å². The van der Waals surface area contributed by atoms with Crippen molar-refractivity contribution in [3.63, 3.8) is 0 Å². The van der Waals surface area contributed by atoms with E-state index in [1.54, 1.807) is 0 Å². The highest BCUT2D eigenvalue weighted by atomic mass is 16.3. The van der Waals surface area contributed by atoms with Crippen LogP contribution in [0, 0.1) is 56.7 Å². The van der Waals surface area contributed by atoms with E-state index in [4.69, 9.17) is 0 Å². The summed E-state index contributed by atoms with van der Waals surface area (Å²) in [4.78, 5) is 0. The topological polar surface area (TPSA) is 40.5 Å². The van der Waals surface area contributed by atoms with E-state index in [0.29, 0.717) is 39.9 Å². The van der Waals surface area contributed by atoms with Gasteiger partial charge in [-0.1, -0.05) is 53.7 Å². The average Bonchev–Trinajstić information content (AvgIpc) is 2.97. The van der Waals surface area contributed by atoms with Gasteiger partial charge in [-0.15, -0.1) is 0 Å². The second-order valence-electron chi connectivity index (χ2n) is 14.8. The third-order valence-corrected chi connectivity index (χ3v) is 13.6. The summed E-state index contributed by atoms with van der Waals surface area (Å²) in [5.74, 6) is 3.14. The first-order valence-corrected chi connectivity index (χ1v) is 13.7. The Bertz CT molecular complexity index is 801. The summed E-state index contributed by atoms with van der Waals surface area (Å²) in [6.45, 7) is 21.7. The first-order chi connectivity index (χ1) is 14.7. The number of aliphatic hydroxyl groups is 2. The van der Waals surface area contributed by atoms with Crippen molar-refractivity contribution >= 4 is 0 Å². The molecule has 0 amide bonds. The normalized spacial score (nSPS) is 58.8. The molecule has 5 fully saturated rings. The largest absolute Gasteiger partial charge is 0.393 e. The van der Waals surface area contributed by atoms with Crippen LogP contribution in [0.1, 0.15) is 106 Å². The third-order valence-electron chi connectivity index (χ3n) is 13.6. The van der Waals surface area contributed by atoms with Crippen molar-refractivity contribution in [3.05, 3.63) is 12.2 Å². The predicted octanol–water partition coefficient (Wildman–Crippen LogP) is 7.00.